The van der Waals surface area contributed by atoms with E-state index in [9.17, 15) is 4.79 Å². The van der Waals surface area contributed by atoms with Crippen molar-refractivity contribution < 1.29 is 4.79 Å². The largest absolute Gasteiger partial charge is 0.311 e. The Morgan fingerprint density at radius 3 is 2.36 bits per heavy atom. The summed E-state index contributed by atoms with van der Waals surface area (Å²) in [5, 5.41) is 0. The summed E-state index contributed by atoms with van der Waals surface area (Å²) in [6.07, 6.45) is 5.24. The van der Waals surface area contributed by atoms with Gasteiger partial charge in [-0.15, -0.1) is 0 Å². The highest BCUT2D eigenvalue weighted by Crippen LogP contribution is 2.44. The number of rotatable bonds is 2. The molecule has 0 bridgehead atoms. The summed E-state index contributed by atoms with van der Waals surface area (Å²) in [4.78, 5) is 15.5. The molecule has 2 aromatic rings. The minimum Gasteiger partial charge on any atom is -0.311 e. The van der Waals surface area contributed by atoms with Crippen LogP contribution in [-0.2, 0) is 16.6 Å². The summed E-state index contributed by atoms with van der Waals surface area (Å²) in [6, 6.07) is 18.7. The van der Waals surface area contributed by atoms with Crippen LogP contribution >= 0.6 is 0 Å². The van der Waals surface area contributed by atoms with Crippen LogP contribution in [0.1, 0.15) is 36.8 Å². The predicted molar refractivity (Wildman–Crippen MR) is 89.1 cm³/mol. The highest BCUT2D eigenvalue weighted by Gasteiger charge is 2.46. The van der Waals surface area contributed by atoms with E-state index in [-0.39, 0.29) is 5.41 Å². The zero-order valence-electron chi connectivity index (χ0n) is 12.8. The van der Waals surface area contributed by atoms with Crippen molar-refractivity contribution in [3.05, 3.63) is 65.7 Å². The summed E-state index contributed by atoms with van der Waals surface area (Å²) >= 11 is 0. The lowest BCUT2D eigenvalue weighted by atomic mass is 9.77. The van der Waals surface area contributed by atoms with Gasteiger partial charge in [0.15, 0.2) is 0 Å². The van der Waals surface area contributed by atoms with Crippen LogP contribution < -0.4 is 4.90 Å². The Morgan fingerprint density at radius 1 is 0.909 bits per heavy atom. The lowest BCUT2D eigenvalue weighted by molar-refractivity contribution is -0.123. The second kappa shape index (κ2) is 5.28. The Balaban J connectivity index is 1.74. The molecule has 0 N–H and O–H groups in total. The van der Waals surface area contributed by atoms with Crippen molar-refractivity contribution >= 4 is 11.6 Å². The van der Waals surface area contributed by atoms with Crippen molar-refractivity contribution in [2.45, 2.75) is 37.5 Å². The van der Waals surface area contributed by atoms with Crippen LogP contribution in [0.4, 0.5) is 5.69 Å². The molecule has 2 heteroatoms. The topological polar surface area (TPSA) is 20.3 Å². The van der Waals surface area contributed by atoms with Gasteiger partial charge in [0.2, 0.25) is 5.91 Å². The van der Waals surface area contributed by atoms with Gasteiger partial charge >= 0.3 is 0 Å². The number of amides is 1. The van der Waals surface area contributed by atoms with Gasteiger partial charge in [-0.2, -0.15) is 0 Å². The standard InChI is InChI=1S/C20H21NO/c22-19(21-15-12-16-8-4-5-11-18(16)21)20(13-6-7-14-20)17-9-2-1-3-10-17/h1-5,8-11H,6-7,12-15H2. The van der Waals surface area contributed by atoms with Crippen LogP contribution in [0.2, 0.25) is 0 Å². The Labute approximate surface area is 131 Å². The van der Waals surface area contributed by atoms with E-state index < -0.39 is 0 Å². The maximum Gasteiger partial charge on any atom is 0.237 e. The third kappa shape index (κ3) is 1.98. The molecule has 0 atom stereocenters. The number of carbonyl (C=O) groups is 1. The maximum atomic E-state index is 13.5. The molecule has 1 aliphatic carbocycles. The molecule has 0 radical (unpaired) electrons. The van der Waals surface area contributed by atoms with E-state index in [0.29, 0.717) is 5.91 Å². The van der Waals surface area contributed by atoms with E-state index >= 15 is 0 Å². The van der Waals surface area contributed by atoms with Gasteiger partial charge in [0.05, 0.1) is 5.41 Å². The Morgan fingerprint density at radius 2 is 1.59 bits per heavy atom. The number of carbonyl (C=O) groups excluding carboxylic acids is 1. The predicted octanol–water partition coefficient (Wildman–Crippen LogP) is 4.09. The van der Waals surface area contributed by atoms with Gasteiger partial charge in [0.1, 0.15) is 0 Å². The highest BCUT2D eigenvalue weighted by molar-refractivity contribution is 6.02. The normalized spacial score (nSPS) is 19.2. The van der Waals surface area contributed by atoms with Crippen molar-refractivity contribution in [3.63, 3.8) is 0 Å². The van der Waals surface area contributed by atoms with Crippen molar-refractivity contribution in [1.82, 2.24) is 0 Å². The van der Waals surface area contributed by atoms with E-state index in [1.165, 1.54) is 11.1 Å². The van der Waals surface area contributed by atoms with Crippen LogP contribution in [0, 0.1) is 0 Å². The summed E-state index contributed by atoms with van der Waals surface area (Å²) in [5.74, 6) is 0.307. The SMILES string of the molecule is O=C(N1CCc2ccccc21)C1(c2ccccc2)CCCC1. The number of hydrogen-bond acceptors (Lipinski definition) is 1. The second-order valence-corrected chi connectivity index (χ2v) is 6.49. The number of nitrogens with zero attached hydrogens (tertiary/aromatic N) is 1. The van der Waals surface area contributed by atoms with Gasteiger partial charge in [-0.3, -0.25) is 4.79 Å². The van der Waals surface area contributed by atoms with Crippen LogP contribution in [0.3, 0.4) is 0 Å². The smallest absolute Gasteiger partial charge is 0.237 e. The van der Waals surface area contributed by atoms with Gasteiger partial charge < -0.3 is 4.90 Å². The zero-order chi connectivity index (χ0) is 15.0. The minimum atomic E-state index is -0.307. The van der Waals surface area contributed by atoms with Gasteiger partial charge in [-0.1, -0.05) is 61.4 Å². The molecule has 0 spiro atoms. The van der Waals surface area contributed by atoms with Crippen molar-refractivity contribution in [2.75, 3.05) is 11.4 Å². The molecule has 2 nitrogen and oxygen atoms in total. The fourth-order valence-corrected chi connectivity index (χ4v) is 4.17. The molecule has 1 fully saturated rings. The van der Waals surface area contributed by atoms with E-state index in [1.807, 2.05) is 17.0 Å². The van der Waals surface area contributed by atoms with Crippen molar-refractivity contribution in [1.29, 1.82) is 0 Å². The summed E-state index contributed by atoms with van der Waals surface area (Å²) in [5.41, 5.74) is 3.31. The Kier molecular flexibility index (Phi) is 3.25. The van der Waals surface area contributed by atoms with Gasteiger partial charge in [0, 0.05) is 12.2 Å². The molecular weight excluding hydrogens is 270 g/mol. The number of benzene rings is 2. The first-order valence-corrected chi connectivity index (χ1v) is 8.27. The van der Waals surface area contributed by atoms with Crippen LogP contribution in [0.25, 0.3) is 0 Å². The second-order valence-electron chi connectivity index (χ2n) is 6.49. The van der Waals surface area contributed by atoms with Crippen LogP contribution in [-0.4, -0.2) is 12.5 Å². The highest BCUT2D eigenvalue weighted by atomic mass is 16.2. The molecular formula is C20H21NO. The van der Waals surface area contributed by atoms with Crippen LogP contribution in [0.5, 0.6) is 0 Å². The molecule has 0 aromatic heterocycles. The molecule has 112 valence electrons. The van der Waals surface area contributed by atoms with Crippen LogP contribution in [0.15, 0.2) is 54.6 Å². The van der Waals surface area contributed by atoms with E-state index in [0.717, 1.165) is 44.3 Å². The molecule has 1 amide bonds. The molecule has 4 rings (SSSR count). The Bertz CT molecular complexity index is 686. The number of para-hydroxylation sites is 1. The quantitative estimate of drug-likeness (QED) is 0.816. The van der Waals surface area contributed by atoms with E-state index in [1.54, 1.807) is 0 Å². The van der Waals surface area contributed by atoms with E-state index in [4.69, 9.17) is 0 Å². The average Bonchev–Trinajstić information content (AvgIpc) is 3.23. The molecule has 1 aliphatic heterocycles. The summed E-state index contributed by atoms with van der Waals surface area (Å²) in [7, 11) is 0. The average molecular weight is 291 g/mol. The first-order chi connectivity index (χ1) is 10.8. The van der Waals surface area contributed by atoms with Crippen molar-refractivity contribution in [2.24, 2.45) is 0 Å². The first kappa shape index (κ1) is 13.6. The third-order valence-electron chi connectivity index (χ3n) is 5.33. The summed E-state index contributed by atoms with van der Waals surface area (Å²) in [6.45, 7) is 0.826. The number of anilines is 1. The monoisotopic (exact) mass is 291 g/mol. The number of fused-ring (bicyclic) bond motifs is 1. The third-order valence-corrected chi connectivity index (χ3v) is 5.33. The molecule has 0 unspecified atom stereocenters. The van der Waals surface area contributed by atoms with Gasteiger partial charge in [0.25, 0.3) is 0 Å². The molecule has 1 saturated carbocycles. The molecule has 2 aromatic carbocycles. The lowest BCUT2D eigenvalue weighted by Crippen LogP contribution is -2.45. The minimum absolute atomic E-state index is 0.307. The van der Waals surface area contributed by atoms with Crippen molar-refractivity contribution in [3.8, 4) is 0 Å². The zero-order valence-corrected chi connectivity index (χ0v) is 12.8. The Hall–Kier alpha value is -2.09. The van der Waals surface area contributed by atoms with Gasteiger partial charge in [-0.05, 0) is 36.5 Å². The number of hydrogen-bond donors (Lipinski definition) is 0. The first-order valence-electron chi connectivity index (χ1n) is 8.27. The summed E-state index contributed by atoms with van der Waals surface area (Å²) < 4.78 is 0. The molecule has 0 saturated heterocycles. The molecule has 2 aliphatic rings. The molecule has 1 heterocycles. The molecule has 22 heavy (non-hydrogen) atoms. The lowest BCUT2D eigenvalue weighted by Gasteiger charge is -2.33. The maximum absolute atomic E-state index is 13.5. The van der Waals surface area contributed by atoms with Gasteiger partial charge in [-0.25, -0.2) is 0 Å². The van der Waals surface area contributed by atoms with E-state index in [2.05, 4.69) is 42.5 Å². The fraction of sp³-hybridized carbons (Fsp3) is 0.350. The fourth-order valence-electron chi connectivity index (χ4n) is 4.17.